The van der Waals surface area contributed by atoms with Crippen LogP contribution in [-0.4, -0.2) is 10.9 Å². The van der Waals surface area contributed by atoms with E-state index in [1.54, 1.807) is 23.1 Å². The molecule has 2 aromatic carbocycles. The monoisotopic (exact) mass is 354 g/mol. The van der Waals surface area contributed by atoms with E-state index in [0.717, 1.165) is 21.2 Å². The molecule has 1 heterocycles. The Morgan fingerprint density at radius 3 is 2.42 bits per heavy atom. The maximum Gasteiger partial charge on any atom is 0.238 e. The Labute approximate surface area is 150 Å². The highest BCUT2D eigenvalue weighted by atomic mass is 32.2. The largest absolute Gasteiger partial charge is 0.348 e. The van der Waals surface area contributed by atoms with Gasteiger partial charge in [-0.25, -0.2) is 4.98 Å². The minimum Gasteiger partial charge on any atom is -0.348 e. The van der Waals surface area contributed by atoms with Crippen LogP contribution in [0.5, 0.6) is 0 Å². The second-order valence-electron chi connectivity index (χ2n) is 5.32. The minimum absolute atomic E-state index is 0.00269. The Kier molecular flexibility index (Phi) is 5.67. The van der Waals surface area contributed by atoms with E-state index in [9.17, 15) is 4.79 Å². The first-order chi connectivity index (χ1) is 11.7. The molecule has 0 saturated heterocycles. The number of aryl methyl sites for hydroxylation is 1. The summed E-state index contributed by atoms with van der Waals surface area (Å²) in [7, 11) is 0. The van der Waals surface area contributed by atoms with Crippen molar-refractivity contribution in [3.63, 3.8) is 0 Å². The second-order valence-corrected chi connectivity index (χ2v) is 7.44. The second kappa shape index (κ2) is 8.13. The summed E-state index contributed by atoms with van der Waals surface area (Å²) in [4.78, 5) is 18.2. The van der Waals surface area contributed by atoms with E-state index in [-0.39, 0.29) is 11.2 Å². The molecule has 3 nitrogen and oxygen atoms in total. The van der Waals surface area contributed by atoms with Crippen molar-refractivity contribution in [1.82, 2.24) is 10.3 Å². The van der Waals surface area contributed by atoms with Crippen molar-refractivity contribution in [2.45, 2.75) is 23.6 Å². The predicted octanol–water partition coefficient (Wildman–Crippen LogP) is 4.60. The lowest BCUT2D eigenvalue weighted by atomic mass is 10.1. The summed E-state index contributed by atoms with van der Waals surface area (Å²) in [5.74, 6) is 0.00269. The number of nitrogens with zero attached hydrogens (tertiary/aromatic N) is 1. The number of aromatic nitrogens is 1. The summed E-state index contributed by atoms with van der Waals surface area (Å²) in [5, 5.41) is 5.66. The van der Waals surface area contributed by atoms with Gasteiger partial charge in [-0.15, -0.1) is 23.1 Å². The molecule has 24 heavy (non-hydrogen) atoms. The number of nitrogens with one attached hydrogen (secondary N) is 1. The molecule has 0 aliphatic rings. The Morgan fingerprint density at radius 2 is 1.79 bits per heavy atom. The molecule has 1 atom stereocenters. The molecule has 0 aliphatic carbocycles. The smallest absolute Gasteiger partial charge is 0.238 e. The van der Waals surface area contributed by atoms with Crippen molar-refractivity contribution in [3.05, 3.63) is 82.3 Å². The van der Waals surface area contributed by atoms with Gasteiger partial charge in [-0.3, -0.25) is 4.79 Å². The molecule has 0 radical (unpaired) electrons. The first-order valence-corrected chi connectivity index (χ1v) is 9.43. The molecule has 122 valence electrons. The number of hydrogen-bond donors (Lipinski definition) is 1. The van der Waals surface area contributed by atoms with E-state index in [1.807, 2.05) is 73.0 Å². The summed E-state index contributed by atoms with van der Waals surface area (Å²) < 4.78 is 0. The number of benzene rings is 2. The molecule has 0 unspecified atom stereocenters. The summed E-state index contributed by atoms with van der Waals surface area (Å²) in [6.45, 7) is 2.43. The molecule has 3 rings (SSSR count). The van der Waals surface area contributed by atoms with Crippen LogP contribution in [0.1, 0.15) is 21.5 Å². The number of rotatable bonds is 6. The number of amides is 1. The number of carbonyl (C=O) groups excluding carboxylic acids is 1. The van der Waals surface area contributed by atoms with Gasteiger partial charge in [-0.1, -0.05) is 48.5 Å². The fraction of sp³-hybridized carbons (Fsp3) is 0.158. The summed E-state index contributed by atoms with van der Waals surface area (Å²) in [6, 6.07) is 19.9. The van der Waals surface area contributed by atoms with Crippen LogP contribution in [0.15, 0.2) is 70.9 Å². The standard InChI is InChI=1S/C19H18N2OS2/c1-14-13-23-17(21-14)12-20-19(22)18(15-8-4-2-5-9-15)24-16-10-6-3-7-11-16/h2-11,13,18H,12H2,1H3,(H,20,22)/t18-/m0/s1. The third-order valence-electron chi connectivity index (χ3n) is 3.42. The zero-order chi connectivity index (χ0) is 16.8. The topological polar surface area (TPSA) is 42.0 Å². The maximum atomic E-state index is 12.8. The van der Waals surface area contributed by atoms with Crippen molar-refractivity contribution in [1.29, 1.82) is 0 Å². The van der Waals surface area contributed by atoms with E-state index >= 15 is 0 Å². The Balaban J connectivity index is 1.74. The highest BCUT2D eigenvalue weighted by Gasteiger charge is 2.21. The van der Waals surface area contributed by atoms with Gasteiger partial charge in [0, 0.05) is 16.0 Å². The van der Waals surface area contributed by atoms with Crippen LogP contribution < -0.4 is 5.32 Å². The van der Waals surface area contributed by atoms with Gasteiger partial charge in [0.05, 0.1) is 6.54 Å². The van der Waals surface area contributed by atoms with E-state index in [1.165, 1.54) is 0 Å². The molecule has 0 fully saturated rings. The summed E-state index contributed by atoms with van der Waals surface area (Å²) in [6.07, 6.45) is 0. The number of thioether (sulfide) groups is 1. The number of thiazole rings is 1. The first-order valence-electron chi connectivity index (χ1n) is 7.68. The van der Waals surface area contributed by atoms with Gasteiger partial charge in [0.1, 0.15) is 10.3 Å². The van der Waals surface area contributed by atoms with Crippen molar-refractivity contribution in [2.75, 3.05) is 0 Å². The highest BCUT2D eigenvalue weighted by molar-refractivity contribution is 8.00. The van der Waals surface area contributed by atoms with Gasteiger partial charge in [-0.2, -0.15) is 0 Å². The minimum atomic E-state index is -0.283. The van der Waals surface area contributed by atoms with E-state index < -0.39 is 0 Å². The molecule has 0 saturated carbocycles. The lowest BCUT2D eigenvalue weighted by Crippen LogP contribution is -2.27. The molecule has 3 aromatic rings. The molecule has 0 spiro atoms. The Bertz CT molecular complexity index is 787. The molecule has 0 aliphatic heterocycles. The van der Waals surface area contributed by atoms with Crippen molar-refractivity contribution in [2.24, 2.45) is 0 Å². The van der Waals surface area contributed by atoms with Crippen LogP contribution in [0.25, 0.3) is 0 Å². The molecule has 0 bridgehead atoms. The lowest BCUT2D eigenvalue weighted by Gasteiger charge is -2.16. The van der Waals surface area contributed by atoms with Crippen LogP contribution >= 0.6 is 23.1 Å². The molecular weight excluding hydrogens is 336 g/mol. The van der Waals surface area contributed by atoms with E-state index in [2.05, 4.69) is 10.3 Å². The zero-order valence-electron chi connectivity index (χ0n) is 13.3. The quantitative estimate of drug-likeness (QED) is 0.658. The van der Waals surface area contributed by atoms with Crippen molar-refractivity contribution in [3.8, 4) is 0 Å². The normalized spacial score (nSPS) is 11.9. The van der Waals surface area contributed by atoms with E-state index in [4.69, 9.17) is 0 Å². The van der Waals surface area contributed by atoms with Gasteiger partial charge in [0.15, 0.2) is 0 Å². The highest BCUT2D eigenvalue weighted by Crippen LogP contribution is 2.35. The molecular formula is C19H18N2OS2. The molecule has 1 amide bonds. The lowest BCUT2D eigenvalue weighted by molar-refractivity contribution is -0.120. The Hall–Kier alpha value is -2.11. The Morgan fingerprint density at radius 1 is 1.12 bits per heavy atom. The van der Waals surface area contributed by atoms with Crippen LogP contribution in [0, 0.1) is 6.92 Å². The molecule has 1 N–H and O–H groups in total. The first kappa shape index (κ1) is 16.7. The van der Waals surface area contributed by atoms with Gasteiger partial charge in [-0.05, 0) is 24.6 Å². The third kappa shape index (κ3) is 4.46. The SMILES string of the molecule is Cc1csc(CNC(=O)[C@@H](Sc2ccccc2)c2ccccc2)n1. The predicted molar refractivity (Wildman–Crippen MR) is 100 cm³/mol. The van der Waals surface area contributed by atoms with Gasteiger partial charge < -0.3 is 5.32 Å². The zero-order valence-corrected chi connectivity index (χ0v) is 14.9. The van der Waals surface area contributed by atoms with Crippen LogP contribution in [0.4, 0.5) is 0 Å². The average Bonchev–Trinajstić information content (AvgIpc) is 3.04. The number of carbonyl (C=O) groups is 1. The average molecular weight is 355 g/mol. The van der Waals surface area contributed by atoms with Crippen molar-refractivity contribution < 1.29 is 4.79 Å². The summed E-state index contributed by atoms with van der Waals surface area (Å²) >= 11 is 3.13. The fourth-order valence-electron chi connectivity index (χ4n) is 2.28. The molecule has 1 aromatic heterocycles. The van der Waals surface area contributed by atoms with Gasteiger partial charge in [0.2, 0.25) is 5.91 Å². The van der Waals surface area contributed by atoms with Crippen LogP contribution in [0.2, 0.25) is 0 Å². The van der Waals surface area contributed by atoms with Gasteiger partial charge >= 0.3 is 0 Å². The maximum absolute atomic E-state index is 12.8. The third-order valence-corrected chi connectivity index (χ3v) is 5.65. The van der Waals surface area contributed by atoms with Crippen LogP contribution in [-0.2, 0) is 11.3 Å². The van der Waals surface area contributed by atoms with E-state index in [0.29, 0.717) is 6.54 Å². The van der Waals surface area contributed by atoms with Gasteiger partial charge in [0.25, 0.3) is 0 Å². The summed E-state index contributed by atoms with van der Waals surface area (Å²) in [5.41, 5.74) is 1.99. The van der Waals surface area contributed by atoms with Crippen molar-refractivity contribution >= 4 is 29.0 Å². The van der Waals surface area contributed by atoms with Crippen LogP contribution in [0.3, 0.4) is 0 Å². The molecule has 5 heteroatoms. The fourth-order valence-corrected chi connectivity index (χ4v) is 4.06. The number of hydrogen-bond acceptors (Lipinski definition) is 4.